The molecular formula is C49H95NO10. The van der Waals surface area contributed by atoms with E-state index in [0.29, 0.717) is 19.3 Å². The zero-order chi connectivity index (χ0) is 44.1. The molecule has 1 heterocycles. The maximum atomic E-state index is 13.1. The molecule has 356 valence electrons. The fourth-order valence-electron chi connectivity index (χ4n) is 8.14. The molecule has 1 aliphatic rings. The monoisotopic (exact) mass is 858 g/mol. The largest absolute Gasteiger partial charge is 0.394 e. The molecule has 9 unspecified atom stereocenters. The topological polar surface area (TPSA) is 189 Å². The fourth-order valence-corrected chi connectivity index (χ4v) is 8.14. The van der Waals surface area contributed by atoms with E-state index in [4.69, 9.17) is 9.47 Å². The summed E-state index contributed by atoms with van der Waals surface area (Å²) in [6.45, 7) is 3.45. The lowest BCUT2D eigenvalue weighted by Gasteiger charge is -2.40. The molecule has 0 aliphatic carbocycles. The molecule has 0 aromatic carbocycles. The van der Waals surface area contributed by atoms with Gasteiger partial charge in [0.25, 0.3) is 0 Å². The van der Waals surface area contributed by atoms with Crippen LogP contribution in [0.1, 0.15) is 226 Å². The van der Waals surface area contributed by atoms with Crippen LogP contribution in [0.2, 0.25) is 0 Å². The minimum Gasteiger partial charge on any atom is -0.394 e. The van der Waals surface area contributed by atoms with Gasteiger partial charge in [-0.25, -0.2) is 0 Å². The van der Waals surface area contributed by atoms with Gasteiger partial charge in [0.2, 0.25) is 5.91 Å². The van der Waals surface area contributed by atoms with Gasteiger partial charge >= 0.3 is 0 Å². The third kappa shape index (κ3) is 28.5. The number of hydrogen-bond donors (Lipinski definition) is 8. The molecule has 60 heavy (non-hydrogen) atoms. The molecule has 11 heteroatoms. The molecule has 8 N–H and O–H groups in total. The predicted octanol–water partition coefficient (Wildman–Crippen LogP) is 8.84. The van der Waals surface area contributed by atoms with Gasteiger partial charge in [-0.2, -0.15) is 0 Å². The Labute approximate surface area is 366 Å². The van der Waals surface area contributed by atoms with Gasteiger partial charge < -0.3 is 50.5 Å². The Hall–Kier alpha value is -1.15. The van der Waals surface area contributed by atoms with E-state index in [9.17, 15) is 40.5 Å². The molecular weight excluding hydrogens is 763 g/mol. The van der Waals surface area contributed by atoms with E-state index in [-0.39, 0.29) is 6.42 Å². The average molecular weight is 858 g/mol. The van der Waals surface area contributed by atoms with Gasteiger partial charge in [-0.15, -0.1) is 0 Å². The van der Waals surface area contributed by atoms with E-state index >= 15 is 0 Å². The van der Waals surface area contributed by atoms with Crippen molar-refractivity contribution in [1.82, 2.24) is 5.32 Å². The summed E-state index contributed by atoms with van der Waals surface area (Å²) in [6, 6.07) is -1.16. The first-order chi connectivity index (χ1) is 29.2. The van der Waals surface area contributed by atoms with Crippen LogP contribution in [0, 0.1) is 0 Å². The summed E-state index contributed by atoms with van der Waals surface area (Å²) in [6.07, 6.45) is 31.1. The molecule has 1 saturated heterocycles. The van der Waals surface area contributed by atoms with Crippen LogP contribution in [0.3, 0.4) is 0 Å². The summed E-state index contributed by atoms with van der Waals surface area (Å²) in [5, 5.41) is 75.8. The van der Waals surface area contributed by atoms with Crippen LogP contribution in [0.25, 0.3) is 0 Å². The average Bonchev–Trinajstić information content (AvgIpc) is 3.25. The number of unbranched alkanes of at least 4 members (excludes halogenated alkanes) is 28. The third-order valence-electron chi connectivity index (χ3n) is 12.3. The Bertz CT molecular complexity index is 986. The van der Waals surface area contributed by atoms with Crippen molar-refractivity contribution < 1.29 is 50.0 Å². The number of allylic oxidation sites excluding steroid dienone is 2. The van der Waals surface area contributed by atoms with Crippen molar-refractivity contribution in [2.24, 2.45) is 0 Å². The van der Waals surface area contributed by atoms with Gasteiger partial charge in [-0.1, -0.05) is 199 Å². The molecule has 1 rings (SSSR count). The van der Waals surface area contributed by atoms with Gasteiger partial charge in [-0.05, 0) is 38.5 Å². The second-order valence-electron chi connectivity index (χ2n) is 17.9. The summed E-state index contributed by atoms with van der Waals surface area (Å²) < 4.78 is 11.1. The molecule has 1 amide bonds. The number of aliphatic hydroxyl groups excluding tert-OH is 7. The standard InChI is InChI=1S/C49H95NO10/c1-3-5-7-9-11-13-15-17-18-19-20-21-22-23-25-27-29-31-33-35-37-42(53)48(58)50-40(39-59-49-47(57)46(56)45(55)43(38-51)60-49)44(54)41(52)36-34-32-30-28-26-24-16-14-12-10-8-6-4-2/h17-18,40-47,49,51-57H,3-16,19-39H2,1-2H3,(H,50,58). The minimum absolute atomic E-state index is 0.261. The fraction of sp³-hybridized carbons (Fsp3) is 0.939. The normalized spacial score (nSPS) is 21.6. The van der Waals surface area contributed by atoms with Crippen LogP contribution < -0.4 is 5.32 Å². The van der Waals surface area contributed by atoms with Crippen LogP contribution in [-0.2, 0) is 14.3 Å². The van der Waals surface area contributed by atoms with Crippen molar-refractivity contribution in [1.29, 1.82) is 0 Å². The first-order valence-electron chi connectivity index (χ1n) is 25.1. The molecule has 0 saturated carbocycles. The molecule has 11 nitrogen and oxygen atoms in total. The number of carbonyl (C=O) groups excluding carboxylic acids is 1. The highest BCUT2D eigenvalue weighted by Gasteiger charge is 2.44. The lowest BCUT2D eigenvalue weighted by Crippen LogP contribution is -2.60. The van der Waals surface area contributed by atoms with Crippen LogP contribution in [-0.4, -0.2) is 110 Å². The summed E-state index contributed by atoms with van der Waals surface area (Å²) in [7, 11) is 0. The van der Waals surface area contributed by atoms with Crippen molar-refractivity contribution in [3.63, 3.8) is 0 Å². The van der Waals surface area contributed by atoms with Crippen LogP contribution in [0.5, 0.6) is 0 Å². The number of carbonyl (C=O) groups is 1. The number of nitrogens with one attached hydrogen (secondary N) is 1. The zero-order valence-electron chi connectivity index (χ0n) is 38.5. The van der Waals surface area contributed by atoms with Crippen LogP contribution in [0.15, 0.2) is 12.2 Å². The molecule has 0 aromatic rings. The predicted molar refractivity (Wildman–Crippen MR) is 243 cm³/mol. The first kappa shape index (κ1) is 56.9. The van der Waals surface area contributed by atoms with Crippen LogP contribution >= 0.6 is 0 Å². The maximum absolute atomic E-state index is 13.1. The number of rotatable bonds is 42. The summed E-state index contributed by atoms with van der Waals surface area (Å²) in [5.74, 6) is -0.696. The minimum atomic E-state index is -1.66. The molecule has 0 aromatic heterocycles. The highest BCUT2D eigenvalue weighted by molar-refractivity contribution is 5.80. The van der Waals surface area contributed by atoms with E-state index in [0.717, 1.165) is 38.5 Å². The molecule has 0 bridgehead atoms. The van der Waals surface area contributed by atoms with E-state index in [1.807, 2.05) is 0 Å². The Kier molecular flexibility index (Phi) is 37.4. The number of ether oxygens (including phenoxy) is 2. The first-order valence-corrected chi connectivity index (χ1v) is 25.1. The van der Waals surface area contributed by atoms with Crippen LogP contribution in [0.4, 0.5) is 0 Å². The van der Waals surface area contributed by atoms with E-state index in [1.165, 1.54) is 148 Å². The highest BCUT2D eigenvalue weighted by Crippen LogP contribution is 2.23. The Balaban J connectivity index is 2.38. The highest BCUT2D eigenvalue weighted by atomic mass is 16.7. The number of hydrogen-bond acceptors (Lipinski definition) is 10. The Morgan fingerprint density at radius 1 is 0.567 bits per heavy atom. The van der Waals surface area contributed by atoms with E-state index < -0.39 is 74.2 Å². The van der Waals surface area contributed by atoms with Gasteiger partial charge in [0, 0.05) is 0 Å². The molecule has 0 radical (unpaired) electrons. The molecule has 1 aliphatic heterocycles. The lowest BCUT2D eigenvalue weighted by atomic mass is 9.98. The Morgan fingerprint density at radius 3 is 1.40 bits per heavy atom. The smallest absolute Gasteiger partial charge is 0.249 e. The van der Waals surface area contributed by atoms with Gasteiger partial charge in [0.05, 0.1) is 25.4 Å². The van der Waals surface area contributed by atoms with Gasteiger partial charge in [-0.3, -0.25) is 4.79 Å². The maximum Gasteiger partial charge on any atom is 0.249 e. The molecule has 0 spiro atoms. The number of amides is 1. The Morgan fingerprint density at radius 2 is 0.967 bits per heavy atom. The van der Waals surface area contributed by atoms with Crippen molar-refractivity contribution >= 4 is 5.91 Å². The SMILES string of the molecule is CCCCCCCCC=CCCCCCCCCCCCCC(O)C(=O)NC(COC1OC(CO)C(O)C(O)C1O)C(O)C(O)CCCCCCCCCCCCCCC. The molecule has 1 fully saturated rings. The summed E-state index contributed by atoms with van der Waals surface area (Å²) in [5.41, 5.74) is 0. The van der Waals surface area contributed by atoms with Crippen molar-refractivity contribution in [2.75, 3.05) is 13.2 Å². The quantitative estimate of drug-likeness (QED) is 0.0218. The number of aliphatic hydroxyl groups is 7. The van der Waals surface area contributed by atoms with Gasteiger partial charge in [0.1, 0.15) is 36.6 Å². The van der Waals surface area contributed by atoms with E-state index in [2.05, 4.69) is 31.3 Å². The van der Waals surface area contributed by atoms with Crippen molar-refractivity contribution in [3.8, 4) is 0 Å². The second-order valence-corrected chi connectivity index (χ2v) is 17.9. The summed E-state index contributed by atoms with van der Waals surface area (Å²) >= 11 is 0. The van der Waals surface area contributed by atoms with E-state index in [1.54, 1.807) is 0 Å². The van der Waals surface area contributed by atoms with Crippen molar-refractivity contribution in [3.05, 3.63) is 12.2 Å². The van der Waals surface area contributed by atoms with Crippen molar-refractivity contribution in [2.45, 2.75) is 281 Å². The lowest BCUT2D eigenvalue weighted by molar-refractivity contribution is -0.303. The summed E-state index contributed by atoms with van der Waals surface area (Å²) in [4.78, 5) is 13.1. The molecule has 9 atom stereocenters. The second kappa shape index (κ2) is 39.4. The van der Waals surface area contributed by atoms with Gasteiger partial charge in [0.15, 0.2) is 6.29 Å². The third-order valence-corrected chi connectivity index (χ3v) is 12.3. The zero-order valence-corrected chi connectivity index (χ0v) is 38.5.